The van der Waals surface area contributed by atoms with Gasteiger partial charge in [0.15, 0.2) is 0 Å². The van der Waals surface area contributed by atoms with Gasteiger partial charge in [-0.15, -0.1) is 26.3 Å². The molecule has 0 aliphatic rings. The van der Waals surface area contributed by atoms with E-state index in [1.807, 2.05) is 24.3 Å². The highest BCUT2D eigenvalue weighted by atomic mass is 14.7. The van der Waals surface area contributed by atoms with Crippen molar-refractivity contribution in [3.63, 3.8) is 0 Å². The number of allylic oxidation sites excluding steroid dienone is 4. The zero-order valence-electron chi connectivity index (χ0n) is 29.0. The summed E-state index contributed by atoms with van der Waals surface area (Å²) in [5, 5.41) is 0. The monoisotopic (exact) mass is 632 g/mol. The van der Waals surface area contributed by atoms with Crippen LogP contribution >= 0.6 is 0 Å². The molecule has 0 saturated carbocycles. The van der Waals surface area contributed by atoms with Gasteiger partial charge in [-0.1, -0.05) is 159 Å². The van der Waals surface area contributed by atoms with E-state index in [4.69, 9.17) is 11.5 Å². The van der Waals surface area contributed by atoms with Crippen molar-refractivity contribution in [3.8, 4) is 0 Å². The normalized spacial score (nSPS) is 11.5. The zero-order chi connectivity index (χ0) is 34.2. The molecule has 0 fully saturated rings. The fraction of sp³-hybridized carbons (Fsp3) is 0.273. The Morgan fingerprint density at radius 3 is 0.854 bits per heavy atom. The second-order valence-corrected chi connectivity index (χ2v) is 13.3. The molecule has 0 bridgehead atoms. The van der Waals surface area contributed by atoms with Gasteiger partial charge in [-0.3, -0.25) is 0 Å². The summed E-state index contributed by atoms with van der Waals surface area (Å²) in [5.74, 6) is 0. The first-order valence-electron chi connectivity index (χ1n) is 17.8. The van der Waals surface area contributed by atoms with Gasteiger partial charge in [-0.2, -0.15) is 0 Å². The molecule has 0 spiro atoms. The van der Waals surface area contributed by atoms with Gasteiger partial charge in [-0.05, 0) is 70.2 Å². The van der Waals surface area contributed by atoms with Gasteiger partial charge in [0.25, 0.3) is 0 Å². The molecule has 0 radical (unpaired) electrons. The van der Waals surface area contributed by atoms with Crippen LogP contribution in [0.5, 0.6) is 0 Å². The van der Waals surface area contributed by atoms with Gasteiger partial charge in [0.1, 0.15) is 14.6 Å². The lowest BCUT2D eigenvalue weighted by Gasteiger charge is -2.32. The number of hydrogen-bond acceptors (Lipinski definition) is 2. The zero-order valence-corrected chi connectivity index (χ0v) is 29.0. The molecule has 2 nitrogen and oxygen atoms in total. The lowest BCUT2D eigenvalue weighted by Crippen LogP contribution is -2.39. The SMILES string of the molecule is C=CCc1ccc(C(N)(CBCCCCBCC(N)(c2ccc(CC=C)cc2)c2ccc(CC=C)cc2)c2ccc(CC=C)cc2)cc1. The third-order valence-electron chi connectivity index (χ3n) is 9.79. The van der Waals surface area contributed by atoms with E-state index in [2.05, 4.69) is 123 Å². The standard InChI is InChI=1S/C44H54B2N2/c1-5-11-35-15-23-39(24-16-35)43(47,40-25-17-36(12-6-2)18-26-40)33-45-31-9-10-32-46-34-44(48,41-27-19-37(13-7-3)20-28-41)42-29-21-38(14-8-4)22-30-42/h5-8,15-30,45-46H,1-4,9-14,31-34,47-48H2. The maximum atomic E-state index is 7.30. The largest absolute Gasteiger partial charge is 0.318 e. The number of benzene rings is 4. The van der Waals surface area contributed by atoms with Crippen LogP contribution in [0.3, 0.4) is 0 Å². The molecule has 0 aromatic heterocycles. The lowest BCUT2D eigenvalue weighted by atomic mass is 9.58. The van der Waals surface area contributed by atoms with Crippen molar-refractivity contribution in [1.82, 2.24) is 0 Å². The summed E-state index contributed by atoms with van der Waals surface area (Å²) in [5.41, 5.74) is 23.2. The van der Waals surface area contributed by atoms with E-state index in [0.717, 1.165) is 65.5 Å². The topological polar surface area (TPSA) is 52.0 Å². The summed E-state index contributed by atoms with van der Waals surface area (Å²) < 4.78 is 0. The van der Waals surface area contributed by atoms with Crippen LogP contribution < -0.4 is 11.5 Å². The molecular formula is C44H54B2N2. The predicted molar refractivity (Wildman–Crippen MR) is 214 cm³/mol. The molecular weight excluding hydrogens is 578 g/mol. The van der Waals surface area contributed by atoms with Crippen LogP contribution in [-0.2, 0) is 36.8 Å². The molecule has 4 N–H and O–H groups in total. The summed E-state index contributed by atoms with van der Waals surface area (Å²) in [4.78, 5) is 0. The molecule has 4 aromatic carbocycles. The summed E-state index contributed by atoms with van der Waals surface area (Å²) in [6.45, 7) is 15.6. The maximum absolute atomic E-state index is 7.30. The Hall–Kier alpha value is -4.11. The molecule has 0 saturated heterocycles. The second-order valence-electron chi connectivity index (χ2n) is 13.3. The van der Waals surface area contributed by atoms with Crippen LogP contribution in [-0.4, -0.2) is 14.6 Å². The first-order valence-corrected chi connectivity index (χ1v) is 17.8. The first kappa shape index (κ1) is 36.7. The van der Waals surface area contributed by atoms with Crippen LogP contribution in [0.15, 0.2) is 148 Å². The fourth-order valence-electron chi connectivity index (χ4n) is 6.85. The van der Waals surface area contributed by atoms with Crippen molar-refractivity contribution >= 4 is 14.6 Å². The van der Waals surface area contributed by atoms with E-state index in [1.54, 1.807) is 0 Å². The van der Waals surface area contributed by atoms with E-state index in [9.17, 15) is 0 Å². The average molecular weight is 633 g/mol. The van der Waals surface area contributed by atoms with Crippen molar-refractivity contribution in [3.05, 3.63) is 192 Å². The fourth-order valence-corrected chi connectivity index (χ4v) is 6.85. The highest BCUT2D eigenvalue weighted by Gasteiger charge is 2.30. The minimum Gasteiger partial charge on any atom is -0.318 e. The van der Waals surface area contributed by atoms with Crippen LogP contribution in [0.2, 0.25) is 25.3 Å². The molecule has 48 heavy (non-hydrogen) atoms. The molecule has 0 amide bonds. The number of nitrogens with two attached hydrogens (primary N) is 2. The van der Waals surface area contributed by atoms with E-state index in [1.165, 1.54) is 57.3 Å². The summed E-state index contributed by atoms with van der Waals surface area (Å²) in [6, 6.07) is 35.1. The third-order valence-corrected chi connectivity index (χ3v) is 9.79. The molecule has 0 aliphatic heterocycles. The lowest BCUT2D eigenvalue weighted by molar-refractivity contribution is 0.596. The van der Waals surface area contributed by atoms with Crippen molar-refractivity contribution in [2.75, 3.05) is 0 Å². The Bertz CT molecular complexity index is 1360. The first-order chi connectivity index (χ1) is 23.4. The smallest absolute Gasteiger partial charge is 0.123 e. The molecule has 0 atom stereocenters. The Morgan fingerprint density at radius 1 is 0.417 bits per heavy atom. The molecule has 4 rings (SSSR count). The van der Waals surface area contributed by atoms with Gasteiger partial charge in [-0.25, -0.2) is 0 Å². The molecule has 4 heteroatoms. The van der Waals surface area contributed by atoms with Crippen molar-refractivity contribution in [2.24, 2.45) is 11.5 Å². The van der Waals surface area contributed by atoms with Crippen molar-refractivity contribution in [1.29, 1.82) is 0 Å². The Morgan fingerprint density at radius 2 is 0.646 bits per heavy atom. The Kier molecular flexibility index (Phi) is 14.1. The number of hydrogen-bond donors (Lipinski definition) is 2. The molecule has 246 valence electrons. The summed E-state index contributed by atoms with van der Waals surface area (Å²) in [7, 11) is 2.16. The minimum absolute atomic E-state index is 0.527. The van der Waals surface area contributed by atoms with E-state index in [-0.39, 0.29) is 0 Å². The van der Waals surface area contributed by atoms with Gasteiger partial charge in [0.2, 0.25) is 0 Å². The molecule has 4 aromatic rings. The quantitative estimate of drug-likeness (QED) is 0.0547. The van der Waals surface area contributed by atoms with Gasteiger partial charge in [0, 0.05) is 0 Å². The Balaban J connectivity index is 1.36. The Labute approximate surface area is 292 Å². The molecule has 0 heterocycles. The number of unbranched alkanes of at least 4 members (excludes halogenated alkanes) is 1. The summed E-state index contributed by atoms with van der Waals surface area (Å²) in [6.07, 6.45) is 17.7. The van der Waals surface area contributed by atoms with Crippen LogP contribution in [0.25, 0.3) is 0 Å². The predicted octanol–water partition coefficient (Wildman–Crippen LogP) is 9.03. The number of rotatable bonds is 21. The van der Waals surface area contributed by atoms with Gasteiger partial charge < -0.3 is 11.5 Å². The third kappa shape index (κ3) is 9.72. The van der Waals surface area contributed by atoms with Crippen LogP contribution in [0.1, 0.15) is 57.3 Å². The second kappa shape index (κ2) is 18.4. The summed E-state index contributed by atoms with van der Waals surface area (Å²) >= 11 is 0. The maximum Gasteiger partial charge on any atom is 0.123 e. The van der Waals surface area contributed by atoms with E-state index >= 15 is 0 Å². The minimum atomic E-state index is -0.527. The van der Waals surface area contributed by atoms with E-state index < -0.39 is 11.1 Å². The molecule has 0 unspecified atom stereocenters. The van der Waals surface area contributed by atoms with Crippen LogP contribution in [0.4, 0.5) is 0 Å². The highest BCUT2D eigenvalue weighted by molar-refractivity contribution is 6.36. The van der Waals surface area contributed by atoms with Crippen molar-refractivity contribution < 1.29 is 0 Å². The van der Waals surface area contributed by atoms with E-state index in [0.29, 0.717) is 0 Å². The van der Waals surface area contributed by atoms with Gasteiger partial charge in [0.05, 0.1) is 11.1 Å². The van der Waals surface area contributed by atoms with Gasteiger partial charge >= 0.3 is 0 Å². The van der Waals surface area contributed by atoms with Crippen LogP contribution in [0, 0.1) is 0 Å². The average Bonchev–Trinajstić information content (AvgIpc) is 3.11. The van der Waals surface area contributed by atoms with Crippen molar-refractivity contribution in [2.45, 2.75) is 74.9 Å². The molecule has 0 aliphatic carbocycles. The highest BCUT2D eigenvalue weighted by Crippen LogP contribution is 2.34.